The molecule has 1 N–H and O–H groups in total. The van der Waals surface area contributed by atoms with E-state index in [4.69, 9.17) is 16.3 Å². The second kappa shape index (κ2) is 9.01. The van der Waals surface area contributed by atoms with Crippen LogP contribution in [0.1, 0.15) is 31.8 Å². The lowest BCUT2D eigenvalue weighted by Crippen LogP contribution is -2.32. The third-order valence-corrected chi connectivity index (χ3v) is 5.23. The van der Waals surface area contributed by atoms with Gasteiger partial charge >= 0.3 is 0 Å². The maximum absolute atomic E-state index is 12.9. The minimum absolute atomic E-state index is 0.0953. The zero-order valence-electron chi connectivity index (χ0n) is 16.3. The Morgan fingerprint density at radius 2 is 1.70 bits per heavy atom. The van der Waals surface area contributed by atoms with Crippen LogP contribution in [0.25, 0.3) is 0 Å². The van der Waals surface area contributed by atoms with E-state index in [2.05, 4.69) is 5.32 Å². The molecule has 0 atom stereocenters. The Balaban J connectivity index is 1.49. The van der Waals surface area contributed by atoms with Gasteiger partial charge in [0.05, 0.1) is 6.54 Å². The van der Waals surface area contributed by atoms with E-state index in [0.29, 0.717) is 48.1 Å². The van der Waals surface area contributed by atoms with Crippen LogP contribution in [-0.4, -0.2) is 29.9 Å². The fraction of sp³-hybridized carbons (Fsp3) is 0.167. The summed E-state index contributed by atoms with van der Waals surface area (Å²) in [5.74, 6) is 0.435. The Kier molecular flexibility index (Phi) is 6.00. The van der Waals surface area contributed by atoms with E-state index in [9.17, 15) is 9.59 Å². The monoisotopic (exact) mass is 420 g/mol. The first-order valence-electron chi connectivity index (χ1n) is 9.73. The van der Waals surface area contributed by atoms with Crippen molar-refractivity contribution < 1.29 is 14.3 Å². The van der Waals surface area contributed by atoms with Crippen molar-refractivity contribution in [1.82, 2.24) is 10.2 Å². The fourth-order valence-corrected chi connectivity index (χ4v) is 3.49. The minimum Gasteiger partial charge on any atom is -0.491 e. The van der Waals surface area contributed by atoms with Crippen molar-refractivity contribution in [3.8, 4) is 5.75 Å². The summed E-state index contributed by atoms with van der Waals surface area (Å²) in [7, 11) is 0. The average Bonchev–Trinajstić information content (AvgIpc) is 3.00. The lowest BCUT2D eigenvalue weighted by molar-refractivity contribution is 0.0733. The highest BCUT2D eigenvalue weighted by molar-refractivity contribution is 6.30. The summed E-state index contributed by atoms with van der Waals surface area (Å²) in [5, 5.41) is 3.52. The van der Waals surface area contributed by atoms with E-state index >= 15 is 0 Å². The normalized spacial score (nSPS) is 13.0. The number of hydrogen-bond donors (Lipinski definition) is 1. The van der Waals surface area contributed by atoms with Crippen LogP contribution < -0.4 is 10.1 Å². The summed E-state index contributed by atoms with van der Waals surface area (Å²) < 4.78 is 5.80. The summed E-state index contributed by atoms with van der Waals surface area (Å²) in [6.07, 6.45) is 0. The Hall–Kier alpha value is -3.31. The molecule has 2 amide bonds. The van der Waals surface area contributed by atoms with Gasteiger partial charge in [-0.15, -0.1) is 0 Å². The number of amides is 2. The molecular formula is C24H21ClN2O3. The number of rotatable bonds is 4. The van der Waals surface area contributed by atoms with Gasteiger partial charge in [0.15, 0.2) is 0 Å². The van der Waals surface area contributed by atoms with E-state index in [0.717, 1.165) is 11.1 Å². The number of carbonyl (C=O) groups excluding carboxylic acids is 2. The molecule has 0 aromatic heterocycles. The maximum atomic E-state index is 12.9. The predicted molar refractivity (Wildman–Crippen MR) is 116 cm³/mol. The molecule has 30 heavy (non-hydrogen) atoms. The lowest BCUT2D eigenvalue weighted by Gasteiger charge is -2.20. The van der Waals surface area contributed by atoms with E-state index in [-0.39, 0.29) is 11.8 Å². The van der Waals surface area contributed by atoms with Gasteiger partial charge in [0, 0.05) is 34.8 Å². The van der Waals surface area contributed by atoms with Gasteiger partial charge in [-0.2, -0.15) is 0 Å². The summed E-state index contributed by atoms with van der Waals surface area (Å²) in [5.41, 5.74) is 2.94. The Bertz CT molecular complexity index is 1050. The molecule has 0 unspecified atom stereocenters. The zero-order valence-corrected chi connectivity index (χ0v) is 17.1. The van der Waals surface area contributed by atoms with E-state index < -0.39 is 0 Å². The molecule has 0 saturated heterocycles. The first kappa shape index (κ1) is 20.0. The van der Waals surface area contributed by atoms with Crippen LogP contribution in [0.3, 0.4) is 0 Å². The van der Waals surface area contributed by atoms with Gasteiger partial charge in [0.1, 0.15) is 12.4 Å². The summed E-state index contributed by atoms with van der Waals surface area (Å²) >= 11 is 5.92. The minimum atomic E-state index is -0.165. The van der Waals surface area contributed by atoms with Crippen molar-refractivity contribution in [2.45, 2.75) is 13.1 Å². The van der Waals surface area contributed by atoms with Crippen LogP contribution in [0.15, 0.2) is 72.8 Å². The maximum Gasteiger partial charge on any atom is 0.254 e. The van der Waals surface area contributed by atoms with Crippen molar-refractivity contribution in [1.29, 1.82) is 0 Å². The SMILES string of the molecule is O=C(NCc1ccccc1)c1ccc2c(c1)CN(C(=O)c1ccc(Cl)cc1)CCO2. The van der Waals surface area contributed by atoms with Crippen molar-refractivity contribution >= 4 is 23.4 Å². The third-order valence-electron chi connectivity index (χ3n) is 4.98. The number of benzene rings is 3. The summed E-state index contributed by atoms with van der Waals surface area (Å²) in [4.78, 5) is 27.2. The highest BCUT2D eigenvalue weighted by atomic mass is 35.5. The Labute approximate surface area is 180 Å². The number of ether oxygens (including phenoxy) is 1. The molecule has 4 rings (SSSR count). The average molecular weight is 421 g/mol. The molecule has 1 heterocycles. The molecule has 6 heteroatoms. The predicted octanol–water partition coefficient (Wildman–Crippen LogP) is 4.30. The molecule has 0 aliphatic carbocycles. The van der Waals surface area contributed by atoms with Crippen LogP contribution in [0.2, 0.25) is 5.02 Å². The number of halogens is 1. The molecular weight excluding hydrogens is 400 g/mol. The molecule has 0 fully saturated rings. The van der Waals surface area contributed by atoms with Crippen LogP contribution in [0.4, 0.5) is 0 Å². The lowest BCUT2D eigenvalue weighted by atomic mass is 10.1. The van der Waals surface area contributed by atoms with Crippen LogP contribution >= 0.6 is 11.6 Å². The first-order valence-corrected chi connectivity index (χ1v) is 10.1. The molecule has 0 radical (unpaired) electrons. The zero-order chi connectivity index (χ0) is 20.9. The van der Waals surface area contributed by atoms with Crippen LogP contribution in [-0.2, 0) is 13.1 Å². The number of hydrogen-bond acceptors (Lipinski definition) is 3. The number of fused-ring (bicyclic) bond motifs is 1. The summed E-state index contributed by atoms with van der Waals surface area (Å²) in [6, 6.07) is 21.9. The van der Waals surface area contributed by atoms with E-state index in [1.54, 1.807) is 47.4 Å². The Morgan fingerprint density at radius 3 is 2.47 bits per heavy atom. The van der Waals surface area contributed by atoms with Crippen molar-refractivity contribution in [2.75, 3.05) is 13.2 Å². The van der Waals surface area contributed by atoms with Crippen molar-refractivity contribution in [3.63, 3.8) is 0 Å². The third kappa shape index (κ3) is 4.63. The molecule has 0 spiro atoms. The van der Waals surface area contributed by atoms with Crippen LogP contribution in [0.5, 0.6) is 5.75 Å². The van der Waals surface area contributed by atoms with Gasteiger partial charge < -0.3 is 15.0 Å². The number of carbonyl (C=O) groups is 2. The van der Waals surface area contributed by atoms with Gasteiger partial charge in [-0.05, 0) is 48.0 Å². The highest BCUT2D eigenvalue weighted by Crippen LogP contribution is 2.25. The number of nitrogens with one attached hydrogen (secondary N) is 1. The van der Waals surface area contributed by atoms with Gasteiger partial charge in [-0.3, -0.25) is 9.59 Å². The fourth-order valence-electron chi connectivity index (χ4n) is 3.36. The molecule has 1 aliphatic rings. The van der Waals surface area contributed by atoms with Gasteiger partial charge in [-0.25, -0.2) is 0 Å². The standard InChI is InChI=1S/C24H21ClN2O3/c25-21-9-6-18(7-10-21)24(29)27-12-13-30-22-11-8-19(14-20(22)16-27)23(28)26-15-17-4-2-1-3-5-17/h1-11,14H,12-13,15-16H2,(H,26,28). The molecule has 5 nitrogen and oxygen atoms in total. The molecule has 0 saturated carbocycles. The molecule has 152 valence electrons. The largest absolute Gasteiger partial charge is 0.491 e. The van der Waals surface area contributed by atoms with Crippen molar-refractivity contribution in [3.05, 3.63) is 100 Å². The van der Waals surface area contributed by atoms with Crippen molar-refractivity contribution in [2.24, 2.45) is 0 Å². The Morgan fingerprint density at radius 1 is 0.967 bits per heavy atom. The van der Waals surface area contributed by atoms with E-state index in [1.807, 2.05) is 30.3 Å². The highest BCUT2D eigenvalue weighted by Gasteiger charge is 2.22. The molecule has 1 aliphatic heterocycles. The van der Waals surface area contributed by atoms with Crippen LogP contribution in [0, 0.1) is 0 Å². The smallest absolute Gasteiger partial charge is 0.254 e. The first-order chi connectivity index (χ1) is 14.6. The second-order valence-corrected chi connectivity index (χ2v) is 7.51. The summed E-state index contributed by atoms with van der Waals surface area (Å²) in [6.45, 7) is 1.68. The van der Waals surface area contributed by atoms with Gasteiger partial charge in [-0.1, -0.05) is 41.9 Å². The molecule has 3 aromatic rings. The van der Waals surface area contributed by atoms with E-state index in [1.165, 1.54) is 0 Å². The van der Waals surface area contributed by atoms with Gasteiger partial charge in [0.25, 0.3) is 11.8 Å². The quantitative estimate of drug-likeness (QED) is 0.684. The molecule has 0 bridgehead atoms. The van der Waals surface area contributed by atoms with Gasteiger partial charge in [0.2, 0.25) is 0 Å². The molecule has 3 aromatic carbocycles. The second-order valence-electron chi connectivity index (χ2n) is 7.07. The number of nitrogens with zero attached hydrogens (tertiary/aromatic N) is 1. The topological polar surface area (TPSA) is 58.6 Å².